The molecule has 2 aliphatic carbocycles. The molecule has 0 N–H and O–H groups in total. The number of unbranched alkanes of at least 4 members (excludes halogenated alkanes) is 4. The number of nitrogens with zero attached hydrogens (tertiary/aromatic N) is 1. The van der Waals surface area contributed by atoms with Gasteiger partial charge in [-0.25, -0.2) is 4.39 Å². The van der Waals surface area contributed by atoms with Crippen LogP contribution in [0.15, 0.2) is 72.3 Å². The van der Waals surface area contributed by atoms with Gasteiger partial charge in [0.2, 0.25) is 0 Å². The van der Waals surface area contributed by atoms with Crippen molar-refractivity contribution in [1.82, 2.24) is 4.90 Å². The van der Waals surface area contributed by atoms with E-state index in [2.05, 4.69) is 74.2 Å². The standard InChI is InChI=1S/C42H56FN/c1-4-6-8-24-44(25-9-7-5-2)26-10-11-33-12-14-35(15-13-33)29-39-30-36(28-34-17-21-40(43)22-18-34)16-19-37-31-38(20-23-41(37)39)42-27-32(42)3/h12-15,17-18,20-23,28,31-32,39,42H,4-11,16,19,24-27,29-30H2,1-3H3/b36-28+/t32-,39?,42?/m1/s1. The highest BCUT2D eigenvalue weighted by molar-refractivity contribution is 5.54. The summed E-state index contributed by atoms with van der Waals surface area (Å²) in [5.41, 5.74) is 10.1. The van der Waals surface area contributed by atoms with Gasteiger partial charge in [0, 0.05) is 0 Å². The normalized spacial score (nSPS) is 20.6. The van der Waals surface area contributed by atoms with Crippen molar-refractivity contribution in [1.29, 1.82) is 0 Å². The fraction of sp³-hybridized carbons (Fsp3) is 0.524. The fourth-order valence-corrected chi connectivity index (χ4v) is 7.33. The zero-order valence-corrected chi connectivity index (χ0v) is 27.8. The molecule has 3 aromatic rings. The van der Waals surface area contributed by atoms with Gasteiger partial charge in [0.05, 0.1) is 0 Å². The summed E-state index contributed by atoms with van der Waals surface area (Å²) < 4.78 is 13.6. The molecule has 44 heavy (non-hydrogen) atoms. The van der Waals surface area contributed by atoms with Crippen molar-refractivity contribution in [3.8, 4) is 0 Å². The van der Waals surface area contributed by atoms with Crippen LogP contribution in [0.4, 0.5) is 4.39 Å². The van der Waals surface area contributed by atoms with Crippen LogP contribution in [0.1, 0.15) is 130 Å². The lowest BCUT2D eigenvalue weighted by molar-refractivity contribution is 0.259. The maximum absolute atomic E-state index is 13.6. The van der Waals surface area contributed by atoms with E-state index in [1.165, 1.54) is 87.7 Å². The van der Waals surface area contributed by atoms with Crippen molar-refractivity contribution < 1.29 is 4.39 Å². The van der Waals surface area contributed by atoms with Gasteiger partial charge in [-0.2, -0.15) is 0 Å². The van der Waals surface area contributed by atoms with Gasteiger partial charge in [-0.1, -0.05) is 113 Å². The van der Waals surface area contributed by atoms with E-state index in [4.69, 9.17) is 0 Å². The van der Waals surface area contributed by atoms with Crippen LogP contribution in [0.5, 0.6) is 0 Å². The van der Waals surface area contributed by atoms with E-state index in [-0.39, 0.29) is 5.82 Å². The molecular formula is C42H56FN. The fourth-order valence-electron chi connectivity index (χ4n) is 7.33. The van der Waals surface area contributed by atoms with Crippen LogP contribution in [0.25, 0.3) is 6.08 Å². The number of aryl methyl sites for hydroxylation is 2. The first-order valence-corrected chi connectivity index (χ1v) is 17.9. The summed E-state index contributed by atoms with van der Waals surface area (Å²) in [7, 11) is 0. The lowest BCUT2D eigenvalue weighted by Crippen LogP contribution is -2.27. The van der Waals surface area contributed by atoms with E-state index in [1.54, 1.807) is 28.8 Å². The van der Waals surface area contributed by atoms with Crippen molar-refractivity contribution in [3.63, 3.8) is 0 Å². The van der Waals surface area contributed by atoms with Crippen LogP contribution in [0, 0.1) is 11.7 Å². The topological polar surface area (TPSA) is 3.24 Å². The van der Waals surface area contributed by atoms with Crippen LogP contribution in [0.2, 0.25) is 0 Å². The first-order valence-electron chi connectivity index (χ1n) is 17.9. The summed E-state index contributed by atoms with van der Waals surface area (Å²) in [5, 5.41) is 0. The largest absolute Gasteiger partial charge is 0.303 e. The summed E-state index contributed by atoms with van der Waals surface area (Å²) in [4.78, 5) is 2.72. The van der Waals surface area contributed by atoms with E-state index in [0.717, 1.165) is 49.5 Å². The minimum absolute atomic E-state index is 0.167. The average molecular weight is 594 g/mol. The Morgan fingerprint density at radius 1 is 0.773 bits per heavy atom. The molecule has 2 unspecified atom stereocenters. The molecule has 5 rings (SSSR count). The Morgan fingerprint density at radius 3 is 2.09 bits per heavy atom. The van der Waals surface area contributed by atoms with E-state index in [1.807, 2.05) is 12.1 Å². The van der Waals surface area contributed by atoms with Gasteiger partial charge < -0.3 is 4.90 Å². The van der Waals surface area contributed by atoms with E-state index >= 15 is 0 Å². The number of allylic oxidation sites excluding steroid dienone is 1. The SMILES string of the molecule is CCCCCN(CCCCC)CCCc1ccc(CC2C/C(=C/c3ccc(F)cc3)CCc3cc(C4C[C@H]4C)ccc32)cc1. The molecule has 0 heterocycles. The van der Waals surface area contributed by atoms with Gasteiger partial charge in [-0.3, -0.25) is 0 Å². The highest BCUT2D eigenvalue weighted by atomic mass is 19.1. The summed E-state index contributed by atoms with van der Waals surface area (Å²) in [6, 6.07) is 24.0. The van der Waals surface area contributed by atoms with Crippen LogP contribution in [-0.2, 0) is 19.3 Å². The zero-order valence-electron chi connectivity index (χ0n) is 27.8. The minimum Gasteiger partial charge on any atom is -0.303 e. The second-order valence-corrected chi connectivity index (χ2v) is 13.9. The number of fused-ring (bicyclic) bond motifs is 1. The highest BCUT2D eigenvalue weighted by Gasteiger charge is 2.34. The average Bonchev–Trinajstić information content (AvgIpc) is 3.80. The molecule has 3 aromatic carbocycles. The summed E-state index contributed by atoms with van der Waals surface area (Å²) >= 11 is 0. The predicted octanol–water partition coefficient (Wildman–Crippen LogP) is 11.3. The van der Waals surface area contributed by atoms with Crippen LogP contribution >= 0.6 is 0 Å². The number of benzene rings is 3. The molecule has 2 heteroatoms. The van der Waals surface area contributed by atoms with Crippen LogP contribution in [-0.4, -0.2) is 24.5 Å². The Hall–Kier alpha value is -2.71. The monoisotopic (exact) mass is 593 g/mol. The van der Waals surface area contributed by atoms with E-state index < -0.39 is 0 Å². The van der Waals surface area contributed by atoms with Gasteiger partial charge in [0.15, 0.2) is 0 Å². The molecule has 0 saturated heterocycles. The molecule has 2 aliphatic rings. The Balaban J connectivity index is 1.24. The van der Waals surface area contributed by atoms with E-state index in [0.29, 0.717) is 5.92 Å². The second kappa shape index (κ2) is 16.6. The van der Waals surface area contributed by atoms with Gasteiger partial charge in [-0.05, 0) is 141 Å². The van der Waals surface area contributed by atoms with Crippen molar-refractivity contribution in [2.45, 2.75) is 116 Å². The quantitative estimate of drug-likeness (QED) is 0.118. The second-order valence-electron chi connectivity index (χ2n) is 13.9. The molecule has 0 radical (unpaired) electrons. The van der Waals surface area contributed by atoms with Crippen LogP contribution in [0.3, 0.4) is 0 Å². The third-order valence-corrected chi connectivity index (χ3v) is 10.2. The van der Waals surface area contributed by atoms with Crippen molar-refractivity contribution >= 4 is 6.08 Å². The van der Waals surface area contributed by atoms with Gasteiger partial charge in [-0.15, -0.1) is 0 Å². The Bertz CT molecular complexity index is 1310. The van der Waals surface area contributed by atoms with Gasteiger partial charge in [0.1, 0.15) is 5.82 Å². The smallest absolute Gasteiger partial charge is 0.123 e. The molecule has 1 saturated carbocycles. The molecule has 236 valence electrons. The molecule has 0 amide bonds. The number of rotatable bonds is 16. The third kappa shape index (κ3) is 9.64. The van der Waals surface area contributed by atoms with Crippen LogP contribution < -0.4 is 0 Å². The van der Waals surface area contributed by atoms with Gasteiger partial charge in [0.25, 0.3) is 0 Å². The van der Waals surface area contributed by atoms with Crippen molar-refractivity contribution in [2.75, 3.05) is 19.6 Å². The van der Waals surface area contributed by atoms with Crippen molar-refractivity contribution in [3.05, 3.63) is 112 Å². The number of halogens is 1. The summed E-state index contributed by atoms with van der Waals surface area (Å²) in [6.07, 6.45) is 18.3. The Labute approximate surface area is 268 Å². The zero-order chi connectivity index (χ0) is 30.7. The van der Waals surface area contributed by atoms with Crippen molar-refractivity contribution in [2.24, 2.45) is 5.92 Å². The highest BCUT2D eigenvalue weighted by Crippen LogP contribution is 2.48. The lowest BCUT2D eigenvalue weighted by atomic mass is 9.85. The molecule has 1 nitrogen and oxygen atoms in total. The Morgan fingerprint density at radius 2 is 1.43 bits per heavy atom. The molecule has 1 fully saturated rings. The molecular weight excluding hydrogens is 537 g/mol. The molecule has 0 bridgehead atoms. The molecule has 0 spiro atoms. The number of hydrogen-bond donors (Lipinski definition) is 0. The maximum atomic E-state index is 13.6. The third-order valence-electron chi connectivity index (χ3n) is 10.2. The molecule has 0 aromatic heterocycles. The number of hydrogen-bond acceptors (Lipinski definition) is 1. The summed E-state index contributed by atoms with van der Waals surface area (Å²) in [6.45, 7) is 10.7. The molecule has 3 atom stereocenters. The molecule has 0 aliphatic heterocycles. The maximum Gasteiger partial charge on any atom is 0.123 e. The first-order chi connectivity index (χ1) is 21.5. The lowest BCUT2D eigenvalue weighted by Gasteiger charge is -2.22. The predicted molar refractivity (Wildman–Crippen MR) is 187 cm³/mol. The first kappa shape index (κ1) is 32.7. The van der Waals surface area contributed by atoms with E-state index in [9.17, 15) is 4.39 Å². The minimum atomic E-state index is -0.167. The van der Waals surface area contributed by atoms with Gasteiger partial charge >= 0.3 is 0 Å². The summed E-state index contributed by atoms with van der Waals surface area (Å²) in [5.74, 6) is 1.88. The Kier molecular flexibility index (Phi) is 12.3.